The smallest absolute Gasteiger partial charge is 0.239 e. The Bertz CT molecular complexity index is 382. The summed E-state index contributed by atoms with van der Waals surface area (Å²) >= 11 is 0. The Balaban J connectivity index is 2.10. The van der Waals surface area contributed by atoms with Crippen molar-refractivity contribution in [3.8, 4) is 0 Å². The standard InChI is InChI=1S/C15H23FN2O/c1-2-3-4-5-8-11-17-15(19)12-18-14-10-7-6-9-13(14)16/h6-7,9-10,18H,2-5,8,11-12H2,1H3,(H,17,19). The van der Waals surface area contributed by atoms with Crippen LogP contribution in [-0.2, 0) is 4.79 Å². The average Bonchev–Trinajstić information content (AvgIpc) is 2.42. The van der Waals surface area contributed by atoms with Gasteiger partial charge in [-0.15, -0.1) is 0 Å². The van der Waals surface area contributed by atoms with Crippen LogP contribution in [0.5, 0.6) is 0 Å². The molecule has 1 amide bonds. The number of carbonyl (C=O) groups excluding carboxylic acids is 1. The minimum absolute atomic E-state index is 0.0984. The molecule has 0 bridgehead atoms. The first-order valence-electron chi connectivity index (χ1n) is 6.99. The van der Waals surface area contributed by atoms with Gasteiger partial charge in [0.15, 0.2) is 0 Å². The number of halogens is 1. The van der Waals surface area contributed by atoms with Gasteiger partial charge >= 0.3 is 0 Å². The largest absolute Gasteiger partial charge is 0.374 e. The molecule has 0 heterocycles. The number of unbranched alkanes of at least 4 members (excludes halogenated alkanes) is 4. The van der Waals surface area contributed by atoms with Crippen molar-refractivity contribution in [2.24, 2.45) is 0 Å². The second-order valence-electron chi connectivity index (χ2n) is 4.60. The van der Waals surface area contributed by atoms with E-state index in [2.05, 4.69) is 17.6 Å². The molecule has 0 aliphatic carbocycles. The zero-order valence-corrected chi connectivity index (χ0v) is 11.5. The summed E-state index contributed by atoms with van der Waals surface area (Å²) in [4.78, 5) is 11.5. The molecule has 3 nitrogen and oxygen atoms in total. The van der Waals surface area contributed by atoms with E-state index < -0.39 is 0 Å². The molecule has 0 atom stereocenters. The van der Waals surface area contributed by atoms with Crippen LogP contribution in [0.15, 0.2) is 24.3 Å². The molecule has 106 valence electrons. The van der Waals surface area contributed by atoms with Crippen molar-refractivity contribution in [1.29, 1.82) is 0 Å². The molecule has 0 saturated carbocycles. The molecule has 1 aromatic carbocycles. The number of carbonyl (C=O) groups is 1. The highest BCUT2D eigenvalue weighted by Crippen LogP contribution is 2.11. The summed E-state index contributed by atoms with van der Waals surface area (Å²) in [6.45, 7) is 2.98. The molecule has 19 heavy (non-hydrogen) atoms. The van der Waals surface area contributed by atoms with Gasteiger partial charge in [-0.25, -0.2) is 4.39 Å². The molecule has 0 aromatic heterocycles. The molecule has 0 radical (unpaired) electrons. The highest BCUT2D eigenvalue weighted by molar-refractivity contribution is 5.80. The predicted molar refractivity (Wildman–Crippen MR) is 76.7 cm³/mol. The average molecular weight is 266 g/mol. The van der Waals surface area contributed by atoms with E-state index in [1.165, 1.54) is 25.3 Å². The van der Waals surface area contributed by atoms with E-state index in [-0.39, 0.29) is 18.3 Å². The van der Waals surface area contributed by atoms with Gasteiger partial charge in [0.25, 0.3) is 0 Å². The molecule has 4 heteroatoms. The van der Waals surface area contributed by atoms with Gasteiger partial charge in [0.2, 0.25) is 5.91 Å². The van der Waals surface area contributed by atoms with Crippen LogP contribution < -0.4 is 10.6 Å². The Hall–Kier alpha value is -1.58. The van der Waals surface area contributed by atoms with Gasteiger partial charge in [-0.3, -0.25) is 4.79 Å². The van der Waals surface area contributed by atoms with Crippen LogP contribution in [-0.4, -0.2) is 19.0 Å². The van der Waals surface area contributed by atoms with Crippen LogP contribution in [0.2, 0.25) is 0 Å². The number of anilines is 1. The molecule has 0 fully saturated rings. The van der Waals surface area contributed by atoms with Crippen molar-refractivity contribution in [2.45, 2.75) is 39.0 Å². The number of hydrogen-bond donors (Lipinski definition) is 2. The van der Waals surface area contributed by atoms with Crippen LogP contribution in [0.1, 0.15) is 39.0 Å². The Morgan fingerprint density at radius 2 is 1.89 bits per heavy atom. The lowest BCUT2D eigenvalue weighted by Crippen LogP contribution is -2.30. The van der Waals surface area contributed by atoms with Gasteiger partial charge in [-0.1, -0.05) is 44.7 Å². The third-order valence-electron chi connectivity index (χ3n) is 2.92. The molecule has 1 rings (SSSR count). The summed E-state index contributed by atoms with van der Waals surface area (Å²) in [5.41, 5.74) is 0.362. The van der Waals surface area contributed by atoms with E-state index in [4.69, 9.17) is 0 Å². The normalized spacial score (nSPS) is 10.2. The van der Waals surface area contributed by atoms with Crippen molar-refractivity contribution in [3.63, 3.8) is 0 Å². The first-order chi connectivity index (χ1) is 9.24. The summed E-state index contributed by atoms with van der Waals surface area (Å²) in [6, 6.07) is 6.34. The summed E-state index contributed by atoms with van der Waals surface area (Å²) in [5.74, 6) is -0.436. The minimum atomic E-state index is -0.338. The minimum Gasteiger partial charge on any atom is -0.374 e. The highest BCUT2D eigenvalue weighted by Gasteiger charge is 2.03. The Kier molecular flexibility index (Phi) is 7.63. The van der Waals surface area contributed by atoms with Crippen LogP contribution in [0.3, 0.4) is 0 Å². The molecule has 1 aromatic rings. The van der Waals surface area contributed by atoms with Crippen LogP contribution in [0.4, 0.5) is 10.1 Å². The van der Waals surface area contributed by atoms with E-state index in [1.807, 2.05) is 0 Å². The van der Waals surface area contributed by atoms with Crippen molar-refractivity contribution < 1.29 is 9.18 Å². The first-order valence-corrected chi connectivity index (χ1v) is 6.99. The van der Waals surface area contributed by atoms with Crippen LogP contribution in [0.25, 0.3) is 0 Å². The SMILES string of the molecule is CCCCCCCNC(=O)CNc1ccccc1F. The van der Waals surface area contributed by atoms with Crippen molar-refractivity contribution in [3.05, 3.63) is 30.1 Å². The molecule has 0 spiro atoms. The lowest BCUT2D eigenvalue weighted by atomic mass is 10.1. The van der Waals surface area contributed by atoms with Gasteiger partial charge < -0.3 is 10.6 Å². The molecular formula is C15H23FN2O. The lowest BCUT2D eigenvalue weighted by Gasteiger charge is -2.08. The molecule has 0 aliphatic heterocycles. The summed E-state index contributed by atoms with van der Waals surface area (Å²) < 4.78 is 13.3. The Morgan fingerprint density at radius 3 is 2.63 bits per heavy atom. The van der Waals surface area contributed by atoms with Crippen LogP contribution >= 0.6 is 0 Å². The number of amides is 1. The molecular weight excluding hydrogens is 243 g/mol. The highest BCUT2D eigenvalue weighted by atomic mass is 19.1. The van der Waals surface area contributed by atoms with Gasteiger partial charge in [0.05, 0.1) is 12.2 Å². The molecule has 2 N–H and O–H groups in total. The fourth-order valence-electron chi connectivity index (χ4n) is 1.80. The summed E-state index contributed by atoms with van der Waals surface area (Å²) in [6.07, 6.45) is 5.85. The monoisotopic (exact) mass is 266 g/mol. The summed E-state index contributed by atoms with van der Waals surface area (Å²) in [5, 5.41) is 5.61. The fourth-order valence-corrected chi connectivity index (χ4v) is 1.80. The van der Waals surface area contributed by atoms with Crippen molar-refractivity contribution >= 4 is 11.6 Å². The van der Waals surface area contributed by atoms with E-state index in [0.717, 1.165) is 12.8 Å². The topological polar surface area (TPSA) is 41.1 Å². The van der Waals surface area contributed by atoms with E-state index in [1.54, 1.807) is 18.2 Å². The maximum atomic E-state index is 13.3. The molecule has 0 aliphatic rings. The fraction of sp³-hybridized carbons (Fsp3) is 0.533. The third-order valence-corrected chi connectivity index (χ3v) is 2.92. The van der Waals surface area contributed by atoms with Gasteiger partial charge in [0, 0.05) is 6.54 Å². The predicted octanol–water partition coefficient (Wildman–Crippen LogP) is 3.32. The Labute approximate surface area is 114 Å². The zero-order valence-electron chi connectivity index (χ0n) is 11.5. The second-order valence-corrected chi connectivity index (χ2v) is 4.60. The van der Waals surface area contributed by atoms with Gasteiger partial charge in [-0.2, -0.15) is 0 Å². The first kappa shape index (κ1) is 15.5. The number of para-hydroxylation sites is 1. The molecule has 0 saturated heterocycles. The van der Waals surface area contributed by atoms with Crippen molar-refractivity contribution in [1.82, 2.24) is 5.32 Å². The second kappa shape index (κ2) is 9.36. The van der Waals surface area contributed by atoms with Crippen LogP contribution in [0, 0.1) is 5.82 Å². The maximum absolute atomic E-state index is 13.3. The summed E-state index contributed by atoms with van der Waals surface area (Å²) in [7, 11) is 0. The number of hydrogen-bond acceptors (Lipinski definition) is 2. The number of benzene rings is 1. The maximum Gasteiger partial charge on any atom is 0.239 e. The van der Waals surface area contributed by atoms with E-state index >= 15 is 0 Å². The van der Waals surface area contributed by atoms with Gasteiger partial charge in [0.1, 0.15) is 5.82 Å². The third kappa shape index (κ3) is 6.79. The quantitative estimate of drug-likeness (QED) is 0.673. The Morgan fingerprint density at radius 1 is 1.16 bits per heavy atom. The zero-order chi connectivity index (χ0) is 13.9. The lowest BCUT2D eigenvalue weighted by molar-refractivity contribution is -0.119. The van der Waals surface area contributed by atoms with Gasteiger partial charge in [-0.05, 0) is 18.6 Å². The van der Waals surface area contributed by atoms with E-state index in [0.29, 0.717) is 12.2 Å². The van der Waals surface area contributed by atoms with Crippen molar-refractivity contribution in [2.75, 3.05) is 18.4 Å². The van der Waals surface area contributed by atoms with E-state index in [9.17, 15) is 9.18 Å². The number of nitrogens with one attached hydrogen (secondary N) is 2. The molecule has 0 unspecified atom stereocenters. The number of rotatable bonds is 9.